The van der Waals surface area contributed by atoms with Crippen molar-refractivity contribution in [3.63, 3.8) is 0 Å². The number of aryl methyl sites for hydroxylation is 1. The molecule has 0 saturated heterocycles. The molecular weight excluding hydrogens is 568 g/mol. The molecule has 3 aromatic rings. The van der Waals surface area contributed by atoms with Gasteiger partial charge in [-0.1, -0.05) is 19.1 Å². The standard InChI is InChI=1S/C28H29BrN4O6/c1-4-12-38-22-10-8-20(9-11-22)32-27(35)28(36)33-30-16-19-14-23(29)26(24(15-19)37-3)39-17-25(34)31-21-7-5-6-18(2)13-21/h5-11,13-16H,4,12,17H2,1-3H3,(H,31,34)(H,32,35)(H,33,36)/b30-16-. The van der Waals surface area contributed by atoms with Gasteiger partial charge in [0.1, 0.15) is 5.75 Å². The molecule has 0 spiro atoms. The molecule has 0 aliphatic rings. The van der Waals surface area contributed by atoms with E-state index in [0.717, 1.165) is 12.0 Å². The molecule has 0 saturated carbocycles. The van der Waals surface area contributed by atoms with Crippen LogP contribution in [0.2, 0.25) is 0 Å². The van der Waals surface area contributed by atoms with Crippen molar-refractivity contribution in [3.05, 3.63) is 76.3 Å². The number of amides is 3. The van der Waals surface area contributed by atoms with Gasteiger partial charge in [0.05, 0.1) is 24.4 Å². The molecule has 0 unspecified atom stereocenters. The average Bonchev–Trinajstić information content (AvgIpc) is 2.91. The first-order chi connectivity index (χ1) is 18.8. The first-order valence-corrected chi connectivity index (χ1v) is 12.8. The molecule has 11 heteroatoms. The van der Waals surface area contributed by atoms with Gasteiger partial charge in [-0.3, -0.25) is 14.4 Å². The lowest BCUT2D eigenvalue weighted by atomic mass is 10.2. The zero-order chi connectivity index (χ0) is 28.2. The maximum absolute atomic E-state index is 12.3. The maximum Gasteiger partial charge on any atom is 0.329 e. The lowest BCUT2D eigenvalue weighted by Gasteiger charge is -2.13. The lowest BCUT2D eigenvalue weighted by Crippen LogP contribution is -2.32. The van der Waals surface area contributed by atoms with Crippen molar-refractivity contribution in [2.24, 2.45) is 5.10 Å². The van der Waals surface area contributed by atoms with Crippen LogP contribution in [0.1, 0.15) is 24.5 Å². The molecule has 3 rings (SSSR count). The van der Waals surface area contributed by atoms with Gasteiger partial charge in [-0.05, 0) is 88.9 Å². The molecule has 0 aromatic heterocycles. The summed E-state index contributed by atoms with van der Waals surface area (Å²) in [6.07, 6.45) is 2.22. The molecule has 3 N–H and O–H groups in total. The number of carbonyl (C=O) groups is 3. The van der Waals surface area contributed by atoms with E-state index in [1.54, 1.807) is 42.5 Å². The number of hydrogen-bond acceptors (Lipinski definition) is 7. The average molecular weight is 597 g/mol. The fraction of sp³-hybridized carbons (Fsp3) is 0.214. The highest BCUT2D eigenvalue weighted by Gasteiger charge is 2.15. The van der Waals surface area contributed by atoms with Crippen LogP contribution in [-0.2, 0) is 14.4 Å². The molecule has 3 amide bonds. The molecule has 0 fully saturated rings. The van der Waals surface area contributed by atoms with Gasteiger partial charge in [0.15, 0.2) is 18.1 Å². The highest BCUT2D eigenvalue weighted by Crippen LogP contribution is 2.36. The molecule has 204 valence electrons. The molecule has 0 radical (unpaired) electrons. The zero-order valence-corrected chi connectivity index (χ0v) is 23.3. The second kappa shape index (κ2) is 14.5. The highest BCUT2D eigenvalue weighted by molar-refractivity contribution is 9.10. The first-order valence-electron chi connectivity index (χ1n) is 12.0. The Morgan fingerprint density at radius 1 is 0.949 bits per heavy atom. The van der Waals surface area contributed by atoms with Crippen LogP contribution in [0.25, 0.3) is 0 Å². The summed E-state index contributed by atoms with van der Waals surface area (Å²) in [5, 5.41) is 9.11. The summed E-state index contributed by atoms with van der Waals surface area (Å²) >= 11 is 3.41. The van der Waals surface area contributed by atoms with Gasteiger partial charge in [0.25, 0.3) is 5.91 Å². The third-order valence-corrected chi connectivity index (χ3v) is 5.66. The Morgan fingerprint density at radius 3 is 2.41 bits per heavy atom. The van der Waals surface area contributed by atoms with Gasteiger partial charge < -0.3 is 24.8 Å². The van der Waals surface area contributed by atoms with E-state index < -0.39 is 11.8 Å². The largest absolute Gasteiger partial charge is 0.494 e. The van der Waals surface area contributed by atoms with Crippen molar-refractivity contribution in [1.82, 2.24) is 5.43 Å². The van der Waals surface area contributed by atoms with Crippen LogP contribution < -0.4 is 30.3 Å². The van der Waals surface area contributed by atoms with Crippen LogP contribution in [-0.4, -0.2) is 44.3 Å². The topological polar surface area (TPSA) is 127 Å². The van der Waals surface area contributed by atoms with Crippen molar-refractivity contribution in [2.75, 3.05) is 31.0 Å². The third-order valence-electron chi connectivity index (χ3n) is 5.07. The van der Waals surface area contributed by atoms with Crippen LogP contribution in [0.3, 0.4) is 0 Å². The number of hydrazone groups is 1. The number of nitrogens with zero attached hydrogens (tertiary/aromatic N) is 1. The van der Waals surface area contributed by atoms with E-state index >= 15 is 0 Å². The van der Waals surface area contributed by atoms with Gasteiger partial charge in [-0.25, -0.2) is 5.43 Å². The molecule has 0 aliphatic heterocycles. The van der Waals surface area contributed by atoms with Gasteiger partial charge in [-0.2, -0.15) is 5.10 Å². The Bertz CT molecular complexity index is 1340. The summed E-state index contributed by atoms with van der Waals surface area (Å²) in [7, 11) is 1.46. The Labute approximate surface area is 234 Å². The van der Waals surface area contributed by atoms with Crippen molar-refractivity contribution in [1.29, 1.82) is 0 Å². The van der Waals surface area contributed by atoms with Crippen molar-refractivity contribution < 1.29 is 28.6 Å². The number of nitrogens with one attached hydrogen (secondary N) is 3. The van der Waals surface area contributed by atoms with Crippen molar-refractivity contribution >= 4 is 51.2 Å². The molecule has 0 aliphatic carbocycles. The number of benzene rings is 3. The second-order valence-electron chi connectivity index (χ2n) is 8.27. The summed E-state index contributed by atoms with van der Waals surface area (Å²) in [6, 6.07) is 17.4. The zero-order valence-electron chi connectivity index (χ0n) is 21.7. The van der Waals surface area contributed by atoms with Crippen LogP contribution in [0, 0.1) is 6.92 Å². The Hall–Kier alpha value is -4.38. The second-order valence-corrected chi connectivity index (χ2v) is 9.12. The number of ether oxygens (including phenoxy) is 3. The van der Waals surface area contributed by atoms with E-state index in [2.05, 4.69) is 37.1 Å². The molecular formula is C28H29BrN4O6. The minimum Gasteiger partial charge on any atom is -0.494 e. The lowest BCUT2D eigenvalue weighted by molar-refractivity contribution is -0.136. The smallest absolute Gasteiger partial charge is 0.329 e. The Kier molecular flexibility index (Phi) is 10.9. The minimum absolute atomic E-state index is 0.240. The van der Waals surface area contributed by atoms with E-state index in [1.807, 2.05) is 32.0 Å². The van der Waals surface area contributed by atoms with Gasteiger partial charge in [-0.15, -0.1) is 0 Å². The molecule has 0 heterocycles. The quantitative estimate of drug-likeness (QED) is 0.168. The fourth-order valence-electron chi connectivity index (χ4n) is 3.27. The first kappa shape index (κ1) is 29.2. The summed E-state index contributed by atoms with van der Waals surface area (Å²) in [6.45, 7) is 4.29. The monoisotopic (exact) mass is 596 g/mol. The van der Waals surface area contributed by atoms with Gasteiger partial charge >= 0.3 is 11.8 Å². The van der Waals surface area contributed by atoms with Crippen LogP contribution >= 0.6 is 15.9 Å². The minimum atomic E-state index is -0.942. The van der Waals surface area contributed by atoms with E-state index in [-0.39, 0.29) is 12.5 Å². The van der Waals surface area contributed by atoms with E-state index in [9.17, 15) is 14.4 Å². The SMILES string of the molecule is CCCOc1ccc(NC(=O)C(=O)N/N=C\c2cc(Br)c(OCC(=O)Nc3cccc(C)c3)c(OC)c2)cc1. The number of methoxy groups -OCH3 is 1. The number of hydrogen-bond donors (Lipinski definition) is 3. The van der Waals surface area contributed by atoms with Gasteiger partial charge in [0, 0.05) is 11.4 Å². The number of rotatable bonds is 11. The van der Waals surface area contributed by atoms with Crippen molar-refractivity contribution in [2.45, 2.75) is 20.3 Å². The number of anilines is 2. The normalized spacial score (nSPS) is 10.6. The summed E-state index contributed by atoms with van der Waals surface area (Å²) in [4.78, 5) is 36.6. The summed E-state index contributed by atoms with van der Waals surface area (Å²) in [5.41, 5.74) is 4.86. The Balaban J connectivity index is 1.54. The Morgan fingerprint density at radius 2 is 1.72 bits per heavy atom. The summed E-state index contributed by atoms with van der Waals surface area (Å²) < 4.78 is 17.1. The molecule has 10 nitrogen and oxygen atoms in total. The highest BCUT2D eigenvalue weighted by atomic mass is 79.9. The number of halogens is 1. The molecule has 0 bridgehead atoms. The predicted molar refractivity (Wildman–Crippen MR) is 153 cm³/mol. The maximum atomic E-state index is 12.3. The van der Waals surface area contributed by atoms with Crippen molar-refractivity contribution in [3.8, 4) is 17.2 Å². The molecule has 0 atom stereocenters. The number of carbonyl (C=O) groups excluding carboxylic acids is 3. The molecule has 39 heavy (non-hydrogen) atoms. The van der Waals surface area contributed by atoms with Crippen LogP contribution in [0.4, 0.5) is 11.4 Å². The predicted octanol–water partition coefficient (Wildman–Crippen LogP) is 4.66. The van der Waals surface area contributed by atoms with Crippen LogP contribution in [0.15, 0.2) is 70.2 Å². The third kappa shape index (κ3) is 9.15. The van der Waals surface area contributed by atoms with E-state index in [1.165, 1.54) is 13.3 Å². The summed E-state index contributed by atoms with van der Waals surface area (Å²) in [5.74, 6) is -0.813. The van der Waals surface area contributed by atoms with E-state index in [0.29, 0.717) is 45.3 Å². The van der Waals surface area contributed by atoms with E-state index in [4.69, 9.17) is 14.2 Å². The van der Waals surface area contributed by atoms with Gasteiger partial charge in [0.2, 0.25) is 0 Å². The van der Waals surface area contributed by atoms with Crippen LogP contribution in [0.5, 0.6) is 17.2 Å². The molecule has 3 aromatic carbocycles. The fourth-order valence-corrected chi connectivity index (χ4v) is 3.84.